The van der Waals surface area contributed by atoms with Gasteiger partial charge in [0.05, 0.1) is 0 Å². The maximum absolute atomic E-state index is 8.97. The molecular weight excluding hydrogens is 246 g/mol. The van der Waals surface area contributed by atoms with Crippen molar-refractivity contribution in [2.24, 2.45) is 0 Å². The van der Waals surface area contributed by atoms with Gasteiger partial charge >= 0.3 is 103 Å². The monoisotopic (exact) mass is 250 g/mol. The topological polar surface area (TPSA) is 127 Å². The summed E-state index contributed by atoms with van der Waals surface area (Å²) in [6, 6.07) is 0. The van der Waals surface area contributed by atoms with Crippen LogP contribution in [0.1, 0.15) is 6.92 Å². The average molecular weight is 250 g/mol. The summed E-state index contributed by atoms with van der Waals surface area (Å²) in [7, 11) is -4.86. The summed E-state index contributed by atoms with van der Waals surface area (Å²) in [6.07, 6.45) is 0. The van der Waals surface area contributed by atoms with E-state index >= 15 is 0 Å². The smallest absolute Gasteiger partial charge is 0.724 e. The van der Waals surface area contributed by atoms with Crippen LogP contribution in [-0.2, 0) is 19.5 Å². The van der Waals surface area contributed by atoms with E-state index in [-0.39, 0.29) is 103 Å². The number of hydrogen-bond acceptors (Lipinski definition) is 7. The van der Waals surface area contributed by atoms with Gasteiger partial charge in [-0.2, -0.15) is 0 Å². The predicted molar refractivity (Wildman–Crippen MR) is 24.1 cm³/mol. The molecule has 0 saturated heterocycles. The molecule has 1 N–H and O–H groups in total. The van der Waals surface area contributed by atoms with Crippen LogP contribution in [0.25, 0.3) is 0 Å². The second-order valence-corrected chi connectivity index (χ2v) is 1.94. The standard InChI is InChI=1S/C2H4O2.2K.H2O5S/c1-2(3)4;;;1-5-6(2,3)4/h1H3,(H,3,4);;;1H,(H,2,3,4)/q;2*+1;/p-2. The van der Waals surface area contributed by atoms with Crippen LogP contribution in [0, 0.1) is 0 Å². The Hall–Kier alpha value is 2.57. The molecule has 0 saturated carbocycles. The summed E-state index contributed by atoms with van der Waals surface area (Å²) >= 11 is 0. The van der Waals surface area contributed by atoms with E-state index in [0.717, 1.165) is 6.92 Å². The quantitative estimate of drug-likeness (QED) is 0.161. The fourth-order valence-electron chi connectivity index (χ4n) is 0. The van der Waals surface area contributed by atoms with E-state index in [0.29, 0.717) is 0 Å². The van der Waals surface area contributed by atoms with Crippen LogP contribution in [0.4, 0.5) is 0 Å². The summed E-state index contributed by atoms with van der Waals surface area (Å²) in [5.41, 5.74) is 0. The first-order valence-corrected chi connectivity index (χ1v) is 3.09. The first-order chi connectivity index (χ1) is 4.29. The van der Waals surface area contributed by atoms with Crippen molar-refractivity contribution in [2.75, 3.05) is 0 Å². The minimum absolute atomic E-state index is 0. The minimum Gasteiger partial charge on any atom is -0.724 e. The summed E-state index contributed by atoms with van der Waals surface area (Å²) in [5.74, 6) is -1.08. The molecule has 0 amide bonds. The van der Waals surface area contributed by atoms with Crippen molar-refractivity contribution in [3.8, 4) is 0 Å². The van der Waals surface area contributed by atoms with E-state index in [9.17, 15) is 0 Å². The van der Waals surface area contributed by atoms with Gasteiger partial charge in [0.25, 0.3) is 0 Å². The second-order valence-electron chi connectivity index (χ2n) is 0.974. The van der Waals surface area contributed by atoms with Crippen LogP contribution < -0.4 is 108 Å². The normalized spacial score (nSPS) is 7.92. The number of carbonyl (C=O) groups is 1. The summed E-state index contributed by atoms with van der Waals surface area (Å²) in [5, 5.41) is 15.9. The van der Waals surface area contributed by atoms with Crippen LogP contribution in [-0.4, -0.2) is 24.2 Å². The molecule has 0 aliphatic carbocycles. The molecule has 0 bridgehead atoms. The van der Waals surface area contributed by atoms with Crippen molar-refractivity contribution in [3.05, 3.63) is 0 Å². The van der Waals surface area contributed by atoms with Gasteiger partial charge in [0.2, 0.25) is 10.4 Å². The molecule has 0 atom stereocenters. The molecule has 7 nitrogen and oxygen atoms in total. The van der Waals surface area contributed by atoms with Crippen molar-refractivity contribution >= 4 is 16.4 Å². The molecule has 0 aromatic heterocycles. The van der Waals surface area contributed by atoms with Crippen LogP contribution in [0.15, 0.2) is 0 Å². The van der Waals surface area contributed by atoms with Crippen LogP contribution in [0.2, 0.25) is 0 Å². The van der Waals surface area contributed by atoms with E-state index in [1.165, 1.54) is 0 Å². The molecule has 0 aliphatic heterocycles. The SMILES string of the molecule is CC(=O)[O-].O=S(=O)([O-])OO.[K+].[K+]. The Morgan fingerprint density at radius 2 is 1.50 bits per heavy atom. The van der Waals surface area contributed by atoms with E-state index in [1.54, 1.807) is 0 Å². The van der Waals surface area contributed by atoms with Crippen molar-refractivity contribution in [1.82, 2.24) is 0 Å². The maximum Gasteiger partial charge on any atom is 1.00 e. The molecule has 62 valence electrons. The van der Waals surface area contributed by atoms with Crippen LogP contribution >= 0.6 is 0 Å². The van der Waals surface area contributed by atoms with E-state index in [2.05, 4.69) is 4.33 Å². The maximum atomic E-state index is 8.97. The average Bonchev–Trinajstić information content (AvgIpc) is 1.63. The van der Waals surface area contributed by atoms with E-state index in [4.69, 9.17) is 28.1 Å². The summed E-state index contributed by atoms with van der Waals surface area (Å²) < 4.78 is 29.3. The first-order valence-electron chi connectivity index (χ1n) is 1.76. The molecule has 0 spiro atoms. The molecule has 0 aromatic rings. The molecular formula is C2H4K2O7S. The fraction of sp³-hybridized carbons (Fsp3) is 0.500. The van der Waals surface area contributed by atoms with Crippen LogP contribution in [0.5, 0.6) is 0 Å². The number of hydrogen-bond donors (Lipinski definition) is 1. The zero-order chi connectivity index (χ0) is 8.78. The van der Waals surface area contributed by atoms with Gasteiger partial charge in [-0.15, -0.1) is 4.33 Å². The molecule has 0 aliphatic rings. The third-order valence-electron chi connectivity index (χ3n) is 0.0913. The Balaban J connectivity index is -0.0000000483. The number of aliphatic carboxylic acids is 1. The number of carboxylic acids is 1. The van der Waals surface area contributed by atoms with Gasteiger partial charge in [0.1, 0.15) is 0 Å². The molecule has 0 unspecified atom stereocenters. The summed E-state index contributed by atoms with van der Waals surface area (Å²) in [4.78, 5) is 8.89. The zero-order valence-corrected chi connectivity index (χ0v) is 13.9. The van der Waals surface area contributed by atoms with E-state index < -0.39 is 16.4 Å². The number of carbonyl (C=O) groups excluding carboxylic acids is 1. The molecule has 0 aromatic carbocycles. The molecule has 0 rings (SSSR count). The number of carboxylic acid groups (broad SMARTS) is 1. The molecule has 12 heavy (non-hydrogen) atoms. The Morgan fingerprint density at radius 1 is 1.42 bits per heavy atom. The van der Waals surface area contributed by atoms with Crippen LogP contribution in [0.3, 0.4) is 0 Å². The van der Waals surface area contributed by atoms with Gasteiger partial charge in [-0.1, -0.05) is 0 Å². The van der Waals surface area contributed by atoms with Crippen molar-refractivity contribution in [1.29, 1.82) is 0 Å². The molecule has 0 heterocycles. The van der Waals surface area contributed by atoms with Crippen molar-refractivity contribution < 1.29 is 135 Å². The molecule has 10 heteroatoms. The van der Waals surface area contributed by atoms with Gasteiger partial charge in [-0.25, -0.2) is 13.7 Å². The van der Waals surface area contributed by atoms with Gasteiger partial charge < -0.3 is 14.5 Å². The number of rotatable bonds is 1. The largest absolute Gasteiger partial charge is 1.00 e. The van der Waals surface area contributed by atoms with Gasteiger partial charge in [-0.3, -0.25) is 0 Å². The zero-order valence-electron chi connectivity index (χ0n) is 6.80. The summed E-state index contributed by atoms with van der Waals surface area (Å²) in [6.45, 7) is 0.972. The van der Waals surface area contributed by atoms with E-state index in [1.807, 2.05) is 0 Å². The second kappa shape index (κ2) is 13.6. The Bertz CT molecular complexity index is 182. The van der Waals surface area contributed by atoms with Crippen molar-refractivity contribution in [2.45, 2.75) is 6.92 Å². The Kier molecular flexibility index (Phi) is 27.2. The van der Waals surface area contributed by atoms with Crippen molar-refractivity contribution in [3.63, 3.8) is 0 Å². The minimum atomic E-state index is -4.86. The Morgan fingerprint density at radius 3 is 1.50 bits per heavy atom. The van der Waals surface area contributed by atoms with Gasteiger partial charge in [0.15, 0.2) is 0 Å². The van der Waals surface area contributed by atoms with Gasteiger partial charge in [-0.05, 0) is 6.92 Å². The van der Waals surface area contributed by atoms with Gasteiger partial charge in [0, 0.05) is 5.97 Å². The third kappa shape index (κ3) is 54.2. The third-order valence-corrected chi connectivity index (χ3v) is 0.274. The first kappa shape index (κ1) is 24.0. The Labute approximate surface area is 155 Å². The predicted octanol–water partition coefficient (Wildman–Crippen LogP) is -8.30. The molecule has 0 radical (unpaired) electrons. The fourth-order valence-corrected chi connectivity index (χ4v) is 0. The molecule has 0 fully saturated rings.